The number of nitro benzene ring substituents is 2. The molecule has 0 saturated carbocycles. The molecule has 1 N–H and O–H groups in total. The van der Waals surface area contributed by atoms with Gasteiger partial charge in [0.2, 0.25) is 0 Å². The minimum Gasteiger partial charge on any atom is -0.321 e. The maximum absolute atomic E-state index is 12.2. The van der Waals surface area contributed by atoms with E-state index in [2.05, 4.69) is 5.32 Å². The third-order valence-corrected chi connectivity index (χ3v) is 3.80. The minimum atomic E-state index is -0.915. The monoisotopic (exact) mass is 389 g/mol. The Bertz CT molecular complexity index is 837. The highest BCUT2D eigenvalue weighted by atomic mass is 35.5. The van der Waals surface area contributed by atoms with Crippen LogP contribution in [0, 0.1) is 20.2 Å². The predicted molar refractivity (Wildman–Crippen MR) is 89.2 cm³/mol. The van der Waals surface area contributed by atoms with Crippen molar-refractivity contribution >= 4 is 57.8 Å². The highest BCUT2D eigenvalue weighted by molar-refractivity contribution is 6.37. The summed E-state index contributed by atoms with van der Waals surface area (Å²) in [5.74, 6) is -0.831. The predicted octanol–water partition coefficient (Wildman–Crippen LogP) is 4.72. The molecule has 8 nitrogen and oxygen atoms in total. The van der Waals surface area contributed by atoms with Crippen LogP contribution in [0.25, 0.3) is 0 Å². The fraction of sp³-hybridized carbons (Fsp3) is 0. The van der Waals surface area contributed by atoms with Gasteiger partial charge in [0.1, 0.15) is 0 Å². The number of anilines is 1. The van der Waals surface area contributed by atoms with E-state index in [0.29, 0.717) is 5.02 Å². The van der Waals surface area contributed by atoms with Crippen LogP contribution in [0.2, 0.25) is 15.1 Å². The lowest BCUT2D eigenvalue weighted by Gasteiger charge is -2.08. The van der Waals surface area contributed by atoms with E-state index in [1.54, 1.807) is 0 Å². The topological polar surface area (TPSA) is 115 Å². The van der Waals surface area contributed by atoms with Crippen LogP contribution in [0.1, 0.15) is 10.4 Å². The molecule has 0 unspecified atom stereocenters. The number of nitrogens with zero attached hydrogens (tertiary/aromatic N) is 2. The summed E-state index contributed by atoms with van der Waals surface area (Å²) in [5.41, 5.74) is -1.63. The van der Waals surface area contributed by atoms with Gasteiger partial charge in [0.25, 0.3) is 17.3 Å². The Morgan fingerprint density at radius 2 is 1.50 bits per heavy atom. The molecule has 2 rings (SSSR count). The quantitative estimate of drug-likeness (QED) is 0.599. The fourth-order valence-corrected chi connectivity index (χ4v) is 2.48. The maximum atomic E-state index is 12.2. The van der Waals surface area contributed by atoms with E-state index < -0.39 is 32.2 Å². The van der Waals surface area contributed by atoms with Crippen molar-refractivity contribution in [2.24, 2.45) is 0 Å². The Hall–Kier alpha value is -2.42. The standard InChI is InChI=1S/C13H6Cl3N3O5/c14-7-1-2-9(8(15)5-7)17-13(20)6-3-10(18(21)22)12(16)11(4-6)19(23)24/h1-5H,(H,17,20). The van der Waals surface area contributed by atoms with Crippen molar-refractivity contribution in [3.8, 4) is 0 Å². The molecule has 0 spiro atoms. The van der Waals surface area contributed by atoms with Crippen molar-refractivity contribution in [3.05, 3.63) is 71.2 Å². The average molecular weight is 391 g/mol. The van der Waals surface area contributed by atoms with Gasteiger partial charge in [0.15, 0.2) is 5.02 Å². The first-order valence-electron chi connectivity index (χ1n) is 6.09. The van der Waals surface area contributed by atoms with Crippen molar-refractivity contribution in [3.63, 3.8) is 0 Å². The average Bonchev–Trinajstić information content (AvgIpc) is 2.49. The van der Waals surface area contributed by atoms with Gasteiger partial charge in [-0.25, -0.2) is 0 Å². The normalized spacial score (nSPS) is 10.3. The number of carbonyl (C=O) groups excluding carboxylic acids is 1. The number of carbonyl (C=O) groups is 1. The molecule has 124 valence electrons. The molecular formula is C13H6Cl3N3O5. The van der Waals surface area contributed by atoms with Crippen LogP contribution in [0.5, 0.6) is 0 Å². The van der Waals surface area contributed by atoms with Crippen molar-refractivity contribution < 1.29 is 14.6 Å². The molecule has 0 aliphatic carbocycles. The number of hydrogen-bond acceptors (Lipinski definition) is 5. The highest BCUT2D eigenvalue weighted by Gasteiger charge is 2.27. The number of benzene rings is 2. The van der Waals surface area contributed by atoms with Crippen molar-refractivity contribution in [2.75, 3.05) is 5.32 Å². The first kappa shape index (κ1) is 17.9. The van der Waals surface area contributed by atoms with Crippen LogP contribution in [0.3, 0.4) is 0 Å². The minimum absolute atomic E-state index is 0.133. The molecule has 11 heteroatoms. The number of nitrogens with one attached hydrogen (secondary N) is 1. The summed E-state index contributed by atoms with van der Waals surface area (Å²) < 4.78 is 0. The first-order chi connectivity index (χ1) is 11.2. The summed E-state index contributed by atoms with van der Waals surface area (Å²) in [6, 6.07) is 5.95. The molecule has 0 saturated heterocycles. The maximum Gasteiger partial charge on any atom is 0.295 e. The Balaban J connectivity index is 2.45. The lowest BCUT2D eigenvalue weighted by atomic mass is 10.1. The Labute approximate surface area is 149 Å². The molecule has 0 bridgehead atoms. The molecule has 0 aromatic heterocycles. The zero-order valence-corrected chi connectivity index (χ0v) is 13.7. The molecule has 2 aromatic carbocycles. The lowest BCUT2D eigenvalue weighted by molar-refractivity contribution is -0.393. The van der Waals surface area contributed by atoms with Crippen LogP contribution in [0.15, 0.2) is 30.3 Å². The van der Waals surface area contributed by atoms with Crippen LogP contribution in [-0.4, -0.2) is 15.8 Å². The third kappa shape index (κ3) is 3.73. The summed E-state index contributed by atoms with van der Waals surface area (Å²) in [5, 5.41) is 24.1. The summed E-state index contributed by atoms with van der Waals surface area (Å²) >= 11 is 17.3. The van der Waals surface area contributed by atoms with E-state index in [4.69, 9.17) is 34.8 Å². The fourth-order valence-electron chi connectivity index (χ4n) is 1.78. The van der Waals surface area contributed by atoms with Gasteiger partial charge < -0.3 is 5.32 Å². The van der Waals surface area contributed by atoms with E-state index in [-0.39, 0.29) is 16.3 Å². The number of amides is 1. The molecule has 0 atom stereocenters. The smallest absolute Gasteiger partial charge is 0.295 e. The van der Waals surface area contributed by atoms with Crippen LogP contribution < -0.4 is 5.32 Å². The second kappa shape index (κ2) is 7.00. The van der Waals surface area contributed by atoms with E-state index in [9.17, 15) is 25.0 Å². The molecular weight excluding hydrogens is 385 g/mol. The van der Waals surface area contributed by atoms with Gasteiger partial charge in [0.05, 0.1) is 26.1 Å². The molecule has 0 radical (unpaired) electrons. The lowest BCUT2D eigenvalue weighted by Crippen LogP contribution is -2.13. The van der Waals surface area contributed by atoms with Crippen LogP contribution >= 0.6 is 34.8 Å². The number of nitro groups is 2. The van der Waals surface area contributed by atoms with Crippen molar-refractivity contribution in [1.82, 2.24) is 0 Å². The van der Waals surface area contributed by atoms with Crippen LogP contribution in [0.4, 0.5) is 17.1 Å². The molecule has 0 fully saturated rings. The van der Waals surface area contributed by atoms with Gasteiger partial charge in [-0.2, -0.15) is 0 Å². The van der Waals surface area contributed by atoms with Gasteiger partial charge in [-0.05, 0) is 18.2 Å². The SMILES string of the molecule is O=C(Nc1ccc(Cl)cc1Cl)c1cc([N+](=O)[O-])c(Cl)c([N+](=O)[O-])c1. The third-order valence-electron chi connectivity index (χ3n) is 2.87. The summed E-state index contributed by atoms with van der Waals surface area (Å²) in [7, 11) is 0. The van der Waals surface area contributed by atoms with Gasteiger partial charge in [-0.3, -0.25) is 25.0 Å². The Morgan fingerprint density at radius 1 is 0.958 bits per heavy atom. The second-order valence-electron chi connectivity index (χ2n) is 4.42. The zero-order valence-electron chi connectivity index (χ0n) is 11.5. The summed E-state index contributed by atoms with van der Waals surface area (Å²) in [4.78, 5) is 32.3. The number of rotatable bonds is 4. The van der Waals surface area contributed by atoms with E-state index in [0.717, 1.165) is 12.1 Å². The van der Waals surface area contributed by atoms with Gasteiger partial charge in [0, 0.05) is 17.2 Å². The molecule has 2 aromatic rings. The van der Waals surface area contributed by atoms with Gasteiger partial charge in [-0.15, -0.1) is 0 Å². The molecule has 1 amide bonds. The summed E-state index contributed by atoms with van der Waals surface area (Å²) in [6.45, 7) is 0. The van der Waals surface area contributed by atoms with E-state index in [1.165, 1.54) is 18.2 Å². The molecule has 24 heavy (non-hydrogen) atoms. The van der Waals surface area contributed by atoms with Crippen molar-refractivity contribution in [1.29, 1.82) is 0 Å². The Kier molecular flexibility index (Phi) is 5.23. The van der Waals surface area contributed by atoms with Crippen LogP contribution in [-0.2, 0) is 0 Å². The number of hydrogen-bond donors (Lipinski definition) is 1. The van der Waals surface area contributed by atoms with E-state index >= 15 is 0 Å². The molecule has 0 aliphatic rings. The van der Waals surface area contributed by atoms with E-state index in [1.807, 2.05) is 0 Å². The summed E-state index contributed by atoms with van der Waals surface area (Å²) in [6.07, 6.45) is 0. The number of halogens is 3. The second-order valence-corrected chi connectivity index (χ2v) is 5.64. The van der Waals surface area contributed by atoms with Gasteiger partial charge in [-0.1, -0.05) is 34.8 Å². The largest absolute Gasteiger partial charge is 0.321 e. The molecule has 0 aliphatic heterocycles. The highest BCUT2D eigenvalue weighted by Crippen LogP contribution is 2.35. The van der Waals surface area contributed by atoms with Crippen molar-refractivity contribution in [2.45, 2.75) is 0 Å². The Morgan fingerprint density at radius 3 is 1.96 bits per heavy atom. The van der Waals surface area contributed by atoms with Gasteiger partial charge >= 0.3 is 0 Å². The molecule has 0 heterocycles. The first-order valence-corrected chi connectivity index (χ1v) is 7.23. The zero-order chi connectivity index (χ0) is 18.0.